The van der Waals surface area contributed by atoms with Gasteiger partial charge in [-0.1, -0.05) is 0 Å². The molecule has 0 saturated heterocycles. The zero-order valence-corrected chi connectivity index (χ0v) is 7.46. The van der Waals surface area contributed by atoms with E-state index in [0.29, 0.717) is 6.61 Å². The quantitative estimate of drug-likeness (QED) is 0.659. The molecule has 0 unspecified atom stereocenters. The van der Waals surface area contributed by atoms with E-state index in [1.165, 1.54) is 0 Å². The van der Waals surface area contributed by atoms with Crippen molar-refractivity contribution in [1.29, 1.82) is 0 Å². The van der Waals surface area contributed by atoms with Gasteiger partial charge >= 0.3 is 74.3 Å². The molecule has 0 aliphatic carbocycles. The third-order valence-corrected chi connectivity index (χ3v) is 1.74. The topological polar surface area (TPSA) is 9.23 Å². The van der Waals surface area contributed by atoms with E-state index in [1.54, 1.807) is 0 Å². The van der Waals surface area contributed by atoms with Crippen molar-refractivity contribution in [3.63, 3.8) is 0 Å². The van der Waals surface area contributed by atoms with Crippen LogP contribution in [-0.2, 0) is 20.3 Å². The fraction of sp³-hybridized carbons (Fsp3) is 0.222. The zero-order chi connectivity index (χ0) is 8.10. The van der Waals surface area contributed by atoms with E-state index in [1.807, 2.05) is 37.3 Å². The van der Waals surface area contributed by atoms with Gasteiger partial charge in [0.25, 0.3) is 0 Å². The summed E-state index contributed by atoms with van der Waals surface area (Å²) in [4.78, 5) is 0. The number of benzene rings is 1. The number of hydrogen-bond acceptors (Lipinski definition) is 1. The predicted molar refractivity (Wildman–Crippen MR) is 42.2 cm³/mol. The van der Waals surface area contributed by atoms with Crippen molar-refractivity contribution in [3.05, 3.63) is 35.9 Å². The summed E-state index contributed by atoms with van der Waals surface area (Å²) < 4.78 is 5.98. The maximum atomic E-state index is 5.23. The van der Waals surface area contributed by atoms with Crippen LogP contribution in [0, 0.1) is 0 Å². The van der Waals surface area contributed by atoms with Gasteiger partial charge in [0.15, 0.2) is 0 Å². The number of ether oxygens (including phenoxy) is 1. The third kappa shape index (κ3) is 2.58. The Kier molecular flexibility index (Phi) is 3.50. The van der Waals surface area contributed by atoms with Gasteiger partial charge in [0, 0.05) is 0 Å². The molecule has 1 aromatic rings. The Morgan fingerprint density at radius 2 is 2.00 bits per heavy atom. The molecule has 60 valence electrons. The summed E-state index contributed by atoms with van der Waals surface area (Å²) in [6.07, 6.45) is 0. The molecular formula is C9H10FeO. The second-order valence-electron chi connectivity index (χ2n) is 2.06. The molecule has 1 nitrogen and oxygen atoms in total. The molecule has 11 heavy (non-hydrogen) atoms. The van der Waals surface area contributed by atoms with Crippen molar-refractivity contribution in [1.82, 2.24) is 0 Å². The Morgan fingerprint density at radius 1 is 1.36 bits per heavy atom. The van der Waals surface area contributed by atoms with Gasteiger partial charge in [-0.3, -0.25) is 0 Å². The number of hydrogen-bond donors (Lipinski definition) is 0. The van der Waals surface area contributed by atoms with Crippen molar-refractivity contribution < 1.29 is 20.3 Å². The van der Waals surface area contributed by atoms with Crippen LogP contribution in [0.2, 0.25) is 0 Å². The van der Waals surface area contributed by atoms with Crippen molar-refractivity contribution in [2.45, 2.75) is 6.92 Å². The Bertz CT molecular complexity index is 231. The molecule has 0 aliphatic heterocycles. The van der Waals surface area contributed by atoms with Crippen LogP contribution in [0.15, 0.2) is 30.3 Å². The van der Waals surface area contributed by atoms with Gasteiger partial charge in [-0.15, -0.1) is 0 Å². The van der Waals surface area contributed by atoms with Gasteiger partial charge < -0.3 is 0 Å². The zero-order valence-electron chi connectivity index (χ0n) is 6.36. The second-order valence-corrected chi connectivity index (χ2v) is 2.56. The van der Waals surface area contributed by atoms with Gasteiger partial charge in [0.2, 0.25) is 0 Å². The van der Waals surface area contributed by atoms with Crippen LogP contribution in [0.4, 0.5) is 0 Å². The summed E-state index contributed by atoms with van der Waals surface area (Å²) in [5.74, 6) is 0. The molecule has 0 spiro atoms. The Morgan fingerprint density at radius 3 is 2.55 bits per heavy atom. The third-order valence-electron chi connectivity index (χ3n) is 1.26. The molecule has 0 heterocycles. The van der Waals surface area contributed by atoms with Crippen LogP contribution in [0.25, 0.3) is 0 Å². The molecule has 0 fully saturated rings. The maximum absolute atomic E-state index is 5.23. The molecule has 2 heteroatoms. The molecule has 0 saturated carbocycles. The van der Waals surface area contributed by atoms with Crippen molar-refractivity contribution in [2.75, 3.05) is 6.61 Å². The Balaban J connectivity index is 2.69. The van der Waals surface area contributed by atoms with Crippen molar-refractivity contribution >= 4 is 4.60 Å². The van der Waals surface area contributed by atoms with Crippen molar-refractivity contribution in [3.8, 4) is 0 Å². The van der Waals surface area contributed by atoms with Gasteiger partial charge in [-0.2, -0.15) is 0 Å². The van der Waals surface area contributed by atoms with Crippen LogP contribution >= 0.6 is 0 Å². The first-order valence-electron chi connectivity index (χ1n) is 3.54. The summed E-state index contributed by atoms with van der Waals surface area (Å²) in [6, 6.07) is 9.89. The molecule has 0 bridgehead atoms. The average molecular weight is 190 g/mol. The molecule has 0 amide bonds. The normalized spacial score (nSPS) is 9.64. The van der Waals surface area contributed by atoms with Gasteiger partial charge in [0.1, 0.15) is 0 Å². The van der Waals surface area contributed by atoms with Crippen LogP contribution in [0.1, 0.15) is 12.5 Å². The molecule has 1 rings (SSSR count). The minimum atomic E-state index is 0.674. The van der Waals surface area contributed by atoms with Gasteiger partial charge in [0.05, 0.1) is 0 Å². The fourth-order valence-electron chi connectivity index (χ4n) is 0.772. The predicted octanol–water partition coefficient (Wildman–Crippen LogP) is 1.75. The fourth-order valence-corrected chi connectivity index (χ4v) is 1.12. The SMILES string of the molecule is CCO[C](=[Fe])c1ccccc1. The second kappa shape index (κ2) is 4.45. The Labute approximate surface area is 74.7 Å². The van der Waals surface area contributed by atoms with E-state index in [0.717, 1.165) is 10.2 Å². The molecule has 0 atom stereocenters. The van der Waals surface area contributed by atoms with E-state index in [4.69, 9.17) is 4.74 Å². The summed E-state index contributed by atoms with van der Waals surface area (Å²) in [7, 11) is 0. The molecule has 0 aromatic heterocycles. The monoisotopic (exact) mass is 190 g/mol. The summed E-state index contributed by atoms with van der Waals surface area (Å²) in [5.41, 5.74) is 1.05. The Hall–Kier alpha value is -0.431. The van der Waals surface area contributed by atoms with Crippen LogP contribution in [-0.4, -0.2) is 11.2 Å². The van der Waals surface area contributed by atoms with Crippen molar-refractivity contribution in [2.24, 2.45) is 0 Å². The van der Waals surface area contributed by atoms with E-state index in [2.05, 4.69) is 15.6 Å². The van der Waals surface area contributed by atoms with Crippen LogP contribution in [0.5, 0.6) is 0 Å². The average Bonchev–Trinajstić information content (AvgIpc) is 2.07. The summed E-state index contributed by atoms with van der Waals surface area (Å²) in [6.45, 7) is 2.63. The number of rotatable bonds is 3. The first kappa shape index (κ1) is 8.66. The van der Waals surface area contributed by atoms with Gasteiger partial charge in [-0.25, -0.2) is 0 Å². The summed E-state index contributed by atoms with van der Waals surface area (Å²) in [5, 5.41) is 0. The van der Waals surface area contributed by atoms with Crippen LogP contribution < -0.4 is 0 Å². The van der Waals surface area contributed by atoms with E-state index in [-0.39, 0.29) is 0 Å². The first-order chi connectivity index (χ1) is 5.34. The standard InChI is InChI=1S/C9H10O.Fe/c1-2-10-8-9-6-4-3-5-7-9;/h3-7H,2H2,1H3;. The van der Waals surface area contributed by atoms with E-state index >= 15 is 0 Å². The molecule has 1 aromatic carbocycles. The van der Waals surface area contributed by atoms with E-state index < -0.39 is 0 Å². The first-order valence-corrected chi connectivity index (χ1v) is 4.09. The van der Waals surface area contributed by atoms with Crippen LogP contribution in [0.3, 0.4) is 0 Å². The summed E-state index contributed by atoms with van der Waals surface area (Å²) >= 11 is 3.79. The molecule has 0 radical (unpaired) electrons. The van der Waals surface area contributed by atoms with Gasteiger partial charge in [-0.05, 0) is 0 Å². The molecule has 0 aliphatic rings. The molecule has 0 N–H and O–H groups in total. The minimum absolute atomic E-state index is 0.674. The van der Waals surface area contributed by atoms with E-state index in [9.17, 15) is 0 Å². The molecular weight excluding hydrogens is 180 g/mol.